The monoisotopic (exact) mass is 278 g/mol. The Balaban J connectivity index is 2.31. The molecule has 9 heteroatoms. The second kappa shape index (κ2) is 6.75. The van der Waals surface area contributed by atoms with E-state index in [-0.39, 0.29) is 12.6 Å². The zero-order valence-electron chi connectivity index (χ0n) is 11.5. The van der Waals surface area contributed by atoms with E-state index in [1.807, 2.05) is 13.8 Å². The van der Waals surface area contributed by atoms with Crippen molar-refractivity contribution in [3.63, 3.8) is 0 Å². The summed E-state index contributed by atoms with van der Waals surface area (Å²) in [7, 11) is 0. The van der Waals surface area contributed by atoms with Crippen molar-refractivity contribution in [1.82, 2.24) is 29.7 Å². The van der Waals surface area contributed by atoms with Gasteiger partial charge in [0.25, 0.3) is 5.95 Å². The molecule has 0 fully saturated rings. The highest BCUT2D eigenvalue weighted by Crippen LogP contribution is 2.10. The van der Waals surface area contributed by atoms with Gasteiger partial charge in [-0.15, -0.1) is 0 Å². The molecule has 1 atom stereocenters. The lowest BCUT2D eigenvalue weighted by molar-refractivity contribution is 0.271. The number of aromatic nitrogens is 6. The number of hydrogen-bond acceptors (Lipinski definition) is 8. The van der Waals surface area contributed by atoms with E-state index in [9.17, 15) is 5.11 Å². The Bertz CT molecular complexity index is 525. The Morgan fingerprint density at radius 3 is 2.65 bits per heavy atom. The second-order valence-corrected chi connectivity index (χ2v) is 4.09. The molecule has 20 heavy (non-hydrogen) atoms. The lowest BCUT2D eigenvalue weighted by Crippen LogP contribution is -2.25. The maximum Gasteiger partial charge on any atom is 0.258 e. The largest absolute Gasteiger partial charge is 0.394 e. The summed E-state index contributed by atoms with van der Waals surface area (Å²) >= 11 is 0. The third-order valence-electron chi connectivity index (χ3n) is 2.63. The van der Waals surface area contributed by atoms with Crippen molar-refractivity contribution in [1.29, 1.82) is 0 Å². The molecular weight excluding hydrogens is 260 g/mol. The second-order valence-electron chi connectivity index (χ2n) is 4.09. The van der Waals surface area contributed by atoms with Gasteiger partial charge in [0.1, 0.15) is 12.7 Å². The van der Waals surface area contributed by atoms with Crippen LogP contribution >= 0.6 is 0 Å². The summed E-state index contributed by atoms with van der Waals surface area (Å²) in [6, 6.07) is -0.101. The first-order valence-corrected chi connectivity index (χ1v) is 6.49. The van der Waals surface area contributed by atoms with Crippen molar-refractivity contribution < 1.29 is 5.11 Å². The zero-order valence-corrected chi connectivity index (χ0v) is 11.5. The van der Waals surface area contributed by atoms with E-state index in [1.165, 1.54) is 17.3 Å². The maximum atomic E-state index is 9.24. The first kappa shape index (κ1) is 14.1. The molecule has 108 valence electrons. The summed E-state index contributed by atoms with van der Waals surface area (Å²) in [6.07, 6.45) is 3.68. The molecule has 2 heterocycles. The van der Waals surface area contributed by atoms with Crippen LogP contribution < -0.4 is 10.6 Å². The standard InChI is InChI=1S/C11H18N8O/c1-3-8(5-20)15-10-16-9(13-4-2)17-11(18-10)19-7-12-6-14-19/h6-8,20H,3-5H2,1-2H3,(H2,13,15,16,17,18). The van der Waals surface area contributed by atoms with Crippen molar-refractivity contribution in [2.45, 2.75) is 26.3 Å². The smallest absolute Gasteiger partial charge is 0.258 e. The normalized spacial score (nSPS) is 12.2. The number of hydrogen-bond donors (Lipinski definition) is 3. The fraction of sp³-hybridized carbons (Fsp3) is 0.545. The maximum absolute atomic E-state index is 9.24. The van der Waals surface area contributed by atoms with Crippen LogP contribution in [0.3, 0.4) is 0 Å². The van der Waals surface area contributed by atoms with Crippen LogP contribution in [0.1, 0.15) is 20.3 Å². The van der Waals surface area contributed by atoms with Gasteiger partial charge in [-0.25, -0.2) is 4.98 Å². The van der Waals surface area contributed by atoms with E-state index in [4.69, 9.17) is 0 Å². The first-order chi connectivity index (χ1) is 9.76. The number of anilines is 2. The summed E-state index contributed by atoms with van der Waals surface area (Å²) in [4.78, 5) is 16.6. The van der Waals surface area contributed by atoms with Gasteiger partial charge in [-0.1, -0.05) is 6.92 Å². The molecule has 0 saturated carbocycles. The number of nitrogens with zero attached hydrogens (tertiary/aromatic N) is 6. The van der Waals surface area contributed by atoms with Crippen LogP contribution in [0.25, 0.3) is 5.95 Å². The lowest BCUT2D eigenvalue weighted by Gasteiger charge is -2.15. The Morgan fingerprint density at radius 1 is 1.25 bits per heavy atom. The molecule has 0 saturated heterocycles. The van der Waals surface area contributed by atoms with E-state index in [0.29, 0.717) is 24.4 Å². The first-order valence-electron chi connectivity index (χ1n) is 6.49. The van der Waals surface area contributed by atoms with Crippen LogP contribution in [0.2, 0.25) is 0 Å². The van der Waals surface area contributed by atoms with Gasteiger partial charge in [0.2, 0.25) is 11.9 Å². The van der Waals surface area contributed by atoms with Crippen molar-refractivity contribution in [3.8, 4) is 5.95 Å². The van der Waals surface area contributed by atoms with Crippen LogP contribution in [-0.2, 0) is 0 Å². The third-order valence-corrected chi connectivity index (χ3v) is 2.63. The van der Waals surface area contributed by atoms with E-state index in [2.05, 4.69) is 35.7 Å². The molecule has 2 aromatic rings. The van der Waals surface area contributed by atoms with E-state index >= 15 is 0 Å². The van der Waals surface area contributed by atoms with E-state index < -0.39 is 0 Å². The van der Waals surface area contributed by atoms with Gasteiger partial charge < -0.3 is 15.7 Å². The van der Waals surface area contributed by atoms with Crippen LogP contribution in [0.4, 0.5) is 11.9 Å². The molecule has 0 aliphatic carbocycles. The minimum atomic E-state index is -0.101. The third kappa shape index (κ3) is 3.38. The number of rotatable bonds is 7. The number of nitrogens with one attached hydrogen (secondary N) is 2. The molecule has 0 amide bonds. The highest BCUT2D eigenvalue weighted by molar-refractivity contribution is 5.38. The SMILES string of the molecule is CCNc1nc(NC(CC)CO)nc(-n2cncn2)n1. The molecule has 2 aromatic heterocycles. The number of aliphatic hydroxyl groups excluding tert-OH is 1. The summed E-state index contributed by atoms with van der Waals surface area (Å²) in [5.41, 5.74) is 0. The Morgan fingerprint density at radius 2 is 2.05 bits per heavy atom. The van der Waals surface area contributed by atoms with Crippen LogP contribution in [0.5, 0.6) is 0 Å². The average Bonchev–Trinajstić information content (AvgIpc) is 2.99. The molecule has 0 bridgehead atoms. The minimum absolute atomic E-state index is 0.0113. The highest BCUT2D eigenvalue weighted by Gasteiger charge is 2.11. The molecule has 0 aromatic carbocycles. The van der Waals surface area contributed by atoms with Gasteiger partial charge in [-0.3, -0.25) is 0 Å². The predicted molar refractivity (Wildman–Crippen MR) is 73.7 cm³/mol. The molecule has 0 aliphatic rings. The van der Waals surface area contributed by atoms with Gasteiger partial charge in [0.15, 0.2) is 0 Å². The quantitative estimate of drug-likeness (QED) is 0.652. The Labute approximate surface area is 116 Å². The topological polar surface area (TPSA) is 114 Å². The van der Waals surface area contributed by atoms with Crippen LogP contribution in [-0.4, -0.2) is 54.0 Å². The molecule has 3 N–H and O–H groups in total. The summed E-state index contributed by atoms with van der Waals surface area (Å²) in [5, 5.41) is 19.3. The molecule has 1 unspecified atom stereocenters. The lowest BCUT2D eigenvalue weighted by atomic mass is 10.2. The molecule has 9 nitrogen and oxygen atoms in total. The van der Waals surface area contributed by atoms with E-state index in [1.54, 1.807) is 0 Å². The van der Waals surface area contributed by atoms with Gasteiger partial charge in [0, 0.05) is 6.54 Å². The molecular formula is C11H18N8O. The van der Waals surface area contributed by atoms with Gasteiger partial charge >= 0.3 is 0 Å². The van der Waals surface area contributed by atoms with Crippen molar-refractivity contribution >= 4 is 11.9 Å². The van der Waals surface area contributed by atoms with Crippen molar-refractivity contribution in [3.05, 3.63) is 12.7 Å². The Kier molecular flexibility index (Phi) is 4.77. The molecule has 0 aliphatic heterocycles. The van der Waals surface area contributed by atoms with Gasteiger partial charge in [-0.2, -0.15) is 24.7 Å². The van der Waals surface area contributed by atoms with Crippen LogP contribution in [0, 0.1) is 0 Å². The van der Waals surface area contributed by atoms with Gasteiger partial charge in [0.05, 0.1) is 12.6 Å². The highest BCUT2D eigenvalue weighted by atomic mass is 16.3. The number of aliphatic hydroxyl groups is 1. The van der Waals surface area contributed by atoms with Crippen LogP contribution in [0.15, 0.2) is 12.7 Å². The molecule has 0 radical (unpaired) electrons. The molecule has 0 spiro atoms. The summed E-state index contributed by atoms with van der Waals surface area (Å²) in [5.74, 6) is 1.20. The fourth-order valence-corrected chi connectivity index (χ4v) is 1.54. The zero-order chi connectivity index (χ0) is 14.4. The summed E-state index contributed by atoms with van der Waals surface area (Å²) in [6.45, 7) is 4.63. The van der Waals surface area contributed by atoms with Gasteiger partial charge in [-0.05, 0) is 13.3 Å². The fourth-order valence-electron chi connectivity index (χ4n) is 1.54. The molecule has 2 rings (SSSR count). The Hall–Kier alpha value is -2.29. The summed E-state index contributed by atoms with van der Waals surface area (Å²) < 4.78 is 1.45. The van der Waals surface area contributed by atoms with Crippen molar-refractivity contribution in [2.75, 3.05) is 23.8 Å². The van der Waals surface area contributed by atoms with Crippen molar-refractivity contribution in [2.24, 2.45) is 0 Å². The minimum Gasteiger partial charge on any atom is -0.394 e. The predicted octanol–water partition coefficient (Wildman–Crippen LogP) is 0.0669. The van der Waals surface area contributed by atoms with E-state index in [0.717, 1.165) is 6.42 Å². The average molecular weight is 278 g/mol.